The number of carbonyl (C=O) groups is 2. The van der Waals surface area contributed by atoms with Gasteiger partial charge in [-0.3, -0.25) is 9.59 Å². The molecule has 5 nitrogen and oxygen atoms in total. The monoisotopic (exact) mass is 387 g/mol. The van der Waals surface area contributed by atoms with E-state index in [1.165, 1.54) is 30.2 Å². The number of rotatable bonds is 14. The summed E-state index contributed by atoms with van der Waals surface area (Å²) < 4.78 is 1.98. The Morgan fingerprint density at radius 1 is 0.857 bits per heavy atom. The van der Waals surface area contributed by atoms with E-state index in [0.717, 1.165) is 49.7 Å². The third-order valence-corrected chi connectivity index (χ3v) is 5.32. The maximum atomic E-state index is 11.5. The molecule has 28 heavy (non-hydrogen) atoms. The molecule has 1 aromatic heterocycles. The molecule has 5 heteroatoms. The SMILES string of the molecule is CCCCCCc1c(CCCCCCC(=O)O)n(CC(=O)O)c2ccccc12. The van der Waals surface area contributed by atoms with Gasteiger partial charge in [0.25, 0.3) is 0 Å². The van der Waals surface area contributed by atoms with Crippen molar-refractivity contribution in [3.63, 3.8) is 0 Å². The van der Waals surface area contributed by atoms with Crippen molar-refractivity contribution in [2.45, 2.75) is 84.1 Å². The molecular weight excluding hydrogens is 354 g/mol. The molecule has 0 spiro atoms. The van der Waals surface area contributed by atoms with Gasteiger partial charge < -0.3 is 14.8 Å². The van der Waals surface area contributed by atoms with Crippen LogP contribution in [0.5, 0.6) is 0 Å². The summed E-state index contributed by atoms with van der Waals surface area (Å²) in [6.07, 6.45) is 10.3. The van der Waals surface area contributed by atoms with E-state index in [4.69, 9.17) is 5.11 Å². The van der Waals surface area contributed by atoms with Gasteiger partial charge in [-0.15, -0.1) is 0 Å². The molecular formula is C23H33NO4. The molecule has 154 valence electrons. The lowest BCUT2D eigenvalue weighted by Gasteiger charge is -2.11. The lowest BCUT2D eigenvalue weighted by molar-refractivity contribution is -0.138. The molecule has 1 heterocycles. The Labute approximate surface area is 167 Å². The molecule has 0 saturated heterocycles. The lowest BCUT2D eigenvalue weighted by Crippen LogP contribution is -2.12. The van der Waals surface area contributed by atoms with E-state index >= 15 is 0 Å². The summed E-state index contributed by atoms with van der Waals surface area (Å²) in [6, 6.07) is 8.12. The zero-order valence-corrected chi connectivity index (χ0v) is 17.0. The van der Waals surface area contributed by atoms with Crippen LogP contribution in [0.25, 0.3) is 10.9 Å². The largest absolute Gasteiger partial charge is 0.481 e. The minimum Gasteiger partial charge on any atom is -0.481 e. The van der Waals surface area contributed by atoms with Crippen molar-refractivity contribution >= 4 is 22.8 Å². The van der Waals surface area contributed by atoms with Crippen LogP contribution < -0.4 is 0 Å². The van der Waals surface area contributed by atoms with E-state index in [2.05, 4.69) is 13.0 Å². The Hall–Kier alpha value is -2.30. The summed E-state index contributed by atoms with van der Waals surface area (Å²) in [4.78, 5) is 22.1. The zero-order valence-electron chi connectivity index (χ0n) is 17.0. The predicted molar refractivity (Wildman–Crippen MR) is 112 cm³/mol. The number of carboxylic acids is 2. The Balaban J connectivity index is 2.18. The number of aromatic nitrogens is 1. The number of unbranched alkanes of at least 4 members (excludes halogenated alkanes) is 6. The second kappa shape index (κ2) is 11.5. The summed E-state index contributed by atoms with van der Waals surface area (Å²) in [6.45, 7) is 2.19. The van der Waals surface area contributed by atoms with Crippen LogP contribution in [0, 0.1) is 0 Å². The summed E-state index contributed by atoms with van der Waals surface area (Å²) in [7, 11) is 0. The quantitative estimate of drug-likeness (QED) is 0.424. The summed E-state index contributed by atoms with van der Waals surface area (Å²) in [5.74, 6) is -1.56. The molecule has 2 rings (SSSR count). The van der Waals surface area contributed by atoms with Crippen LogP contribution in [-0.4, -0.2) is 26.7 Å². The Bertz CT molecular complexity index is 778. The standard InChI is InChI=1S/C23H33NO4/c1-2-3-4-7-12-18-19-13-10-11-15-21(19)24(17-23(27)28)20(18)14-8-5-6-9-16-22(25)26/h10-11,13,15H,2-9,12,14,16-17H2,1H3,(H,25,26)(H,27,28). The van der Waals surface area contributed by atoms with Gasteiger partial charge in [-0.2, -0.15) is 0 Å². The fourth-order valence-corrected chi connectivity index (χ4v) is 3.96. The van der Waals surface area contributed by atoms with E-state index in [0.29, 0.717) is 6.42 Å². The molecule has 0 radical (unpaired) electrons. The van der Waals surface area contributed by atoms with Crippen molar-refractivity contribution in [3.05, 3.63) is 35.5 Å². The highest BCUT2D eigenvalue weighted by Gasteiger charge is 2.18. The van der Waals surface area contributed by atoms with Crippen LogP contribution in [0.15, 0.2) is 24.3 Å². The Morgan fingerprint density at radius 2 is 1.54 bits per heavy atom. The van der Waals surface area contributed by atoms with Crippen molar-refractivity contribution in [1.82, 2.24) is 4.57 Å². The van der Waals surface area contributed by atoms with E-state index < -0.39 is 11.9 Å². The molecule has 0 saturated carbocycles. The van der Waals surface area contributed by atoms with Gasteiger partial charge in [-0.1, -0.05) is 57.2 Å². The van der Waals surface area contributed by atoms with Gasteiger partial charge in [0, 0.05) is 23.0 Å². The number of benzene rings is 1. The predicted octanol–water partition coefficient (Wildman–Crippen LogP) is 5.43. The number of nitrogens with zero attached hydrogens (tertiary/aromatic N) is 1. The number of aryl methyl sites for hydroxylation is 1. The van der Waals surface area contributed by atoms with Gasteiger partial charge in [0.05, 0.1) is 0 Å². The molecule has 0 bridgehead atoms. The molecule has 0 atom stereocenters. The van der Waals surface area contributed by atoms with Crippen molar-refractivity contribution in [1.29, 1.82) is 0 Å². The maximum Gasteiger partial charge on any atom is 0.323 e. The van der Waals surface area contributed by atoms with E-state index in [9.17, 15) is 14.7 Å². The van der Waals surface area contributed by atoms with Crippen LogP contribution in [-0.2, 0) is 29.0 Å². The second-order valence-corrected chi connectivity index (χ2v) is 7.54. The van der Waals surface area contributed by atoms with Crippen molar-refractivity contribution in [2.24, 2.45) is 0 Å². The first kappa shape index (κ1) is 22.0. The number of hydrogen-bond acceptors (Lipinski definition) is 2. The lowest BCUT2D eigenvalue weighted by atomic mass is 10.00. The molecule has 2 aromatic rings. The van der Waals surface area contributed by atoms with E-state index in [1.807, 2.05) is 22.8 Å². The molecule has 0 aliphatic rings. The number of aliphatic carboxylic acids is 2. The Morgan fingerprint density at radius 3 is 2.25 bits per heavy atom. The average Bonchev–Trinajstić information content (AvgIpc) is 2.94. The number of fused-ring (bicyclic) bond motifs is 1. The zero-order chi connectivity index (χ0) is 20.4. The van der Waals surface area contributed by atoms with Gasteiger partial charge in [0.15, 0.2) is 0 Å². The molecule has 0 aliphatic carbocycles. The van der Waals surface area contributed by atoms with Crippen LogP contribution in [0.2, 0.25) is 0 Å². The molecule has 0 unspecified atom stereocenters. The number of hydrogen-bond donors (Lipinski definition) is 2. The first-order valence-electron chi connectivity index (χ1n) is 10.6. The van der Waals surface area contributed by atoms with Gasteiger partial charge >= 0.3 is 11.9 Å². The summed E-state index contributed by atoms with van der Waals surface area (Å²) in [5, 5.41) is 19.4. The van der Waals surface area contributed by atoms with Gasteiger partial charge in [-0.05, 0) is 43.7 Å². The molecule has 0 fully saturated rings. The average molecular weight is 388 g/mol. The highest BCUT2D eigenvalue weighted by molar-refractivity contribution is 5.87. The molecule has 1 aromatic carbocycles. The third kappa shape index (κ3) is 6.39. The fraction of sp³-hybridized carbons (Fsp3) is 0.565. The highest BCUT2D eigenvalue weighted by Crippen LogP contribution is 2.29. The topological polar surface area (TPSA) is 79.5 Å². The van der Waals surface area contributed by atoms with Crippen molar-refractivity contribution in [2.75, 3.05) is 0 Å². The van der Waals surface area contributed by atoms with Gasteiger partial charge in [0.2, 0.25) is 0 Å². The minimum atomic E-state index is -0.819. The Kier molecular flexibility index (Phi) is 9.05. The van der Waals surface area contributed by atoms with Crippen molar-refractivity contribution < 1.29 is 19.8 Å². The minimum absolute atomic E-state index is 0.0101. The summed E-state index contributed by atoms with van der Waals surface area (Å²) in [5.41, 5.74) is 3.47. The van der Waals surface area contributed by atoms with Crippen LogP contribution in [0.4, 0.5) is 0 Å². The van der Waals surface area contributed by atoms with Crippen LogP contribution in [0.3, 0.4) is 0 Å². The molecule has 2 N–H and O–H groups in total. The van der Waals surface area contributed by atoms with E-state index in [1.54, 1.807) is 0 Å². The normalized spacial score (nSPS) is 11.2. The molecule has 0 amide bonds. The van der Waals surface area contributed by atoms with E-state index in [-0.39, 0.29) is 13.0 Å². The summed E-state index contributed by atoms with van der Waals surface area (Å²) >= 11 is 0. The first-order chi connectivity index (χ1) is 13.5. The maximum absolute atomic E-state index is 11.5. The fourth-order valence-electron chi connectivity index (χ4n) is 3.96. The smallest absolute Gasteiger partial charge is 0.323 e. The van der Waals surface area contributed by atoms with Gasteiger partial charge in [-0.25, -0.2) is 0 Å². The molecule has 0 aliphatic heterocycles. The van der Waals surface area contributed by atoms with Gasteiger partial charge in [0.1, 0.15) is 6.54 Å². The van der Waals surface area contributed by atoms with Crippen molar-refractivity contribution in [3.8, 4) is 0 Å². The van der Waals surface area contributed by atoms with Crippen LogP contribution in [0.1, 0.15) is 76.0 Å². The third-order valence-electron chi connectivity index (χ3n) is 5.32. The number of carboxylic acid groups (broad SMARTS) is 2. The second-order valence-electron chi connectivity index (χ2n) is 7.54. The van der Waals surface area contributed by atoms with Crippen LogP contribution >= 0.6 is 0 Å². The highest BCUT2D eigenvalue weighted by atomic mass is 16.4. The number of para-hydroxylation sites is 1. The first-order valence-corrected chi connectivity index (χ1v) is 10.6.